The van der Waals surface area contributed by atoms with Crippen molar-refractivity contribution in [1.82, 2.24) is 4.98 Å². The van der Waals surface area contributed by atoms with Crippen molar-refractivity contribution in [3.63, 3.8) is 0 Å². The number of methoxy groups -OCH3 is 1. The van der Waals surface area contributed by atoms with Gasteiger partial charge in [-0.05, 0) is 24.3 Å². The summed E-state index contributed by atoms with van der Waals surface area (Å²) in [5.41, 5.74) is -0.282. The Morgan fingerprint density at radius 1 is 1.05 bits per heavy atom. The minimum Gasteiger partial charge on any atom is -0.493 e. The molecule has 1 aromatic heterocycles. The van der Waals surface area contributed by atoms with Crippen LogP contribution >= 0.6 is 0 Å². The van der Waals surface area contributed by atoms with Crippen molar-refractivity contribution >= 4 is 5.83 Å². The van der Waals surface area contributed by atoms with Gasteiger partial charge in [0.15, 0.2) is 17.3 Å². The van der Waals surface area contributed by atoms with Gasteiger partial charge in [0, 0.05) is 17.8 Å². The van der Waals surface area contributed by atoms with Crippen LogP contribution in [0.25, 0.3) is 5.83 Å². The lowest BCUT2D eigenvalue weighted by Gasteiger charge is -2.10. The van der Waals surface area contributed by atoms with Gasteiger partial charge >= 0.3 is 6.08 Å². The second-order valence-corrected chi connectivity index (χ2v) is 3.71. The van der Waals surface area contributed by atoms with Gasteiger partial charge in [-0.3, -0.25) is 0 Å². The number of pyridine rings is 1. The highest BCUT2D eigenvalue weighted by Gasteiger charge is 2.13. The summed E-state index contributed by atoms with van der Waals surface area (Å²) >= 11 is 0. The fourth-order valence-corrected chi connectivity index (χ4v) is 1.52. The van der Waals surface area contributed by atoms with Gasteiger partial charge in [-0.15, -0.1) is 0 Å². The second-order valence-electron chi connectivity index (χ2n) is 3.71. The largest absolute Gasteiger partial charge is 0.493 e. The summed E-state index contributed by atoms with van der Waals surface area (Å²) in [5, 5.41) is 0. The Hall–Kier alpha value is -2.50. The molecule has 2 aromatic rings. The molecule has 0 atom stereocenters. The van der Waals surface area contributed by atoms with Crippen LogP contribution < -0.4 is 9.47 Å². The summed E-state index contributed by atoms with van der Waals surface area (Å²) in [6.45, 7) is 0. The Kier molecular flexibility index (Phi) is 4.24. The zero-order valence-corrected chi connectivity index (χ0v) is 10.4. The van der Waals surface area contributed by atoms with Gasteiger partial charge in [-0.2, -0.15) is 8.78 Å². The number of hydrogen-bond acceptors (Lipinski definition) is 3. The average molecular weight is 281 g/mol. The van der Waals surface area contributed by atoms with E-state index in [-0.39, 0.29) is 17.1 Å². The first-order chi connectivity index (χ1) is 9.61. The summed E-state index contributed by atoms with van der Waals surface area (Å²) in [4.78, 5) is 3.95. The summed E-state index contributed by atoms with van der Waals surface area (Å²) < 4.78 is 48.0. The van der Waals surface area contributed by atoms with Crippen LogP contribution in [0.4, 0.5) is 13.2 Å². The Morgan fingerprint density at radius 3 is 2.45 bits per heavy atom. The molecule has 0 aliphatic rings. The molecular weight excluding hydrogens is 271 g/mol. The van der Waals surface area contributed by atoms with E-state index in [0.29, 0.717) is 5.88 Å². The molecule has 6 heteroatoms. The van der Waals surface area contributed by atoms with Gasteiger partial charge < -0.3 is 9.47 Å². The van der Waals surface area contributed by atoms with Gasteiger partial charge in [0.2, 0.25) is 5.88 Å². The molecule has 0 bridgehead atoms. The number of nitrogens with zero attached hydrogens (tertiary/aromatic N) is 1. The average Bonchev–Trinajstić information content (AvgIpc) is 2.48. The molecule has 0 unspecified atom stereocenters. The molecule has 3 nitrogen and oxygen atoms in total. The van der Waals surface area contributed by atoms with Crippen molar-refractivity contribution in [2.24, 2.45) is 0 Å². The molecule has 1 aromatic carbocycles. The normalized spacial score (nSPS) is 10.0. The number of aromatic nitrogens is 1. The molecule has 1 heterocycles. The number of halogens is 3. The molecule has 0 aliphatic heterocycles. The Balaban J connectivity index is 2.34. The van der Waals surface area contributed by atoms with Crippen LogP contribution in [0.2, 0.25) is 0 Å². The van der Waals surface area contributed by atoms with Crippen LogP contribution in [0.1, 0.15) is 5.56 Å². The first-order valence-electron chi connectivity index (χ1n) is 5.60. The number of rotatable bonds is 4. The van der Waals surface area contributed by atoms with Gasteiger partial charge in [0.1, 0.15) is 0 Å². The molecule has 0 aliphatic carbocycles. The van der Waals surface area contributed by atoms with E-state index in [1.807, 2.05) is 0 Å². The standard InChI is InChI=1S/C14H10F3NO2/c1-19-11-8-9(13(15)14(16)17)5-6-10(11)20-12-4-2-3-7-18-12/h2-8H,1H3. The van der Waals surface area contributed by atoms with E-state index < -0.39 is 11.9 Å². The summed E-state index contributed by atoms with van der Waals surface area (Å²) in [5.74, 6) is -0.898. The van der Waals surface area contributed by atoms with Crippen LogP contribution in [0, 0.1) is 0 Å². The van der Waals surface area contributed by atoms with Crippen molar-refractivity contribution in [3.05, 3.63) is 54.2 Å². The van der Waals surface area contributed by atoms with Crippen LogP contribution in [-0.4, -0.2) is 12.1 Å². The molecule has 0 N–H and O–H groups in total. The molecule has 0 fully saturated rings. The molecular formula is C14H10F3NO2. The van der Waals surface area contributed by atoms with E-state index in [1.165, 1.54) is 25.4 Å². The first-order valence-corrected chi connectivity index (χ1v) is 5.60. The van der Waals surface area contributed by atoms with E-state index in [4.69, 9.17) is 9.47 Å². The molecule has 20 heavy (non-hydrogen) atoms. The molecule has 0 saturated carbocycles. The van der Waals surface area contributed by atoms with Gasteiger partial charge in [-0.25, -0.2) is 9.37 Å². The highest BCUT2D eigenvalue weighted by molar-refractivity contribution is 5.63. The van der Waals surface area contributed by atoms with E-state index in [0.717, 1.165) is 6.07 Å². The highest BCUT2D eigenvalue weighted by Crippen LogP contribution is 2.34. The number of benzene rings is 1. The summed E-state index contributed by atoms with van der Waals surface area (Å²) in [7, 11) is 1.33. The van der Waals surface area contributed by atoms with Gasteiger partial charge in [0.25, 0.3) is 0 Å². The molecule has 2 rings (SSSR count). The minimum atomic E-state index is -2.38. The van der Waals surface area contributed by atoms with Crippen molar-refractivity contribution in [2.75, 3.05) is 7.11 Å². The fourth-order valence-electron chi connectivity index (χ4n) is 1.52. The van der Waals surface area contributed by atoms with Crippen molar-refractivity contribution in [1.29, 1.82) is 0 Å². The third-order valence-corrected chi connectivity index (χ3v) is 2.44. The zero-order chi connectivity index (χ0) is 14.5. The lowest BCUT2D eigenvalue weighted by molar-refractivity contribution is 0.373. The van der Waals surface area contributed by atoms with Gasteiger partial charge in [-0.1, -0.05) is 6.07 Å². The quantitative estimate of drug-likeness (QED) is 0.831. The lowest BCUT2D eigenvalue weighted by Crippen LogP contribution is -1.93. The number of hydrogen-bond donors (Lipinski definition) is 0. The molecule has 0 spiro atoms. The Morgan fingerprint density at radius 2 is 1.85 bits per heavy atom. The molecule has 104 valence electrons. The van der Waals surface area contributed by atoms with Crippen LogP contribution in [0.3, 0.4) is 0 Å². The number of ether oxygens (including phenoxy) is 2. The predicted molar refractivity (Wildman–Crippen MR) is 67.5 cm³/mol. The third kappa shape index (κ3) is 3.09. The summed E-state index contributed by atoms with van der Waals surface area (Å²) in [6, 6.07) is 8.71. The van der Waals surface area contributed by atoms with Gasteiger partial charge in [0.05, 0.1) is 7.11 Å². The molecule has 0 saturated heterocycles. The summed E-state index contributed by atoms with van der Waals surface area (Å²) in [6.07, 6.45) is -0.845. The maximum Gasteiger partial charge on any atom is 0.306 e. The maximum absolute atomic E-state index is 13.2. The van der Waals surface area contributed by atoms with E-state index in [9.17, 15) is 13.2 Å². The maximum atomic E-state index is 13.2. The van der Waals surface area contributed by atoms with Crippen LogP contribution in [-0.2, 0) is 0 Å². The van der Waals surface area contributed by atoms with E-state index in [1.54, 1.807) is 18.2 Å². The molecule has 0 radical (unpaired) electrons. The van der Waals surface area contributed by atoms with Crippen molar-refractivity contribution < 1.29 is 22.6 Å². The SMILES string of the molecule is COc1cc(C(F)=C(F)F)ccc1Oc1ccccn1. The second kappa shape index (κ2) is 6.10. The van der Waals surface area contributed by atoms with Crippen LogP contribution in [0.5, 0.6) is 17.4 Å². The molecule has 0 amide bonds. The van der Waals surface area contributed by atoms with E-state index in [2.05, 4.69) is 4.98 Å². The fraction of sp³-hybridized carbons (Fsp3) is 0.0714. The van der Waals surface area contributed by atoms with Crippen LogP contribution in [0.15, 0.2) is 48.7 Å². The third-order valence-electron chi connectivity index (χ3n) is 2.44. The minimum absolute atomic E-state index is 0.129. The first kappa shape index (κ1) is 13.9. The Bertz CT molecular complexity index is 626. The van der Waals surface area contributed by atoms with Crippen molar-refractivity contribution in [2.45, 2.75) is 0 Å². The van der Waals surface area contributed by atoms with Crippen molar-refractivity contribution in [3.8, 4) is 17.4 Å². The monoisotopic (exact) mass is 281 g/mol. The topological polar surface area (TPSA) is 31.4 Å². The predicted octanol–water partition coefficient (Wildman–Crippen LogP) is 4.42. The zero-order valence-electron chi connectivity index (χ0n) is 10.4. The lowest BCUT2D eigenvalue weighted by atomic mass is 10.2. The Labute approximate surface area is 113 Å². The van der Waals surface area contributed by atoms with E-state index >= 15 is 0 Å². The smallest absolute Gasteiger partial charge is 0.306 e. The highest BCUT2D eigenvalue weighted by atomic mass is 19.3.